The Morgan fingerprint density at radius 1 is 1.21 bits per heavy atom. The number of nitrogens with one attached hydrogen (secondary N) is 1. The molecule has 1 aromatic carbocycles. The van der Waals surface area contributed by atoms with Crippen molar-refractivity contribution in [2.75, 3.05) is 7.05 Å². The Bertz CT molecular complexity index is 326. The molecular formula is C13H19N. The Kier molecular flexibility index (Phi) is 2.60. The number of benzene rings is 1. The topological polar surface area (TPSA) is 12.0 Å². The van der Waals surface area contributed by atoms with Gasteiger partial charge in [0.25, 0.3) is 0 Å². The molecule has 1 atom stereocenters. The zero-order valence-corrected chi connectivity index (χ0v) is 9.30. The molecule has 1 aromatic rings. The summed E-state index contributed by atoms with van der Waals surface area (Å²) in [5, 5.41) is 3.43. The van der Waals surface area contributed by atoms with Crippen molar-refractivity contribution in [1.82, 2.24) is 5.32 Å². The summed E-state index contributed by atoms with van der Waals surface area (Å²) in [4.78, 5) is 0. The van der Waals surface area contributed by atoms with Crippen molar-refractivity contribution >= 4 is 0 Å². The minimum Gasteiger partial charge on any atom is -0.313 e. The lowest BCUT2D eigenvalue weighted by Crippen LogP contribution is -2.18. The Balaban J connectivity index is 2.25. The van der Waals surface area contributed by atoms with Crippen molar-refractivity contribution in [2.24, 2.45) is 5.92 Å². The van der Waals surface area contributed by atoms with E-state index in [-0.39, 0.29) is 0 Å². The molecule has 1 aliphatic carbocycles. The van der Waals surface area contributed by atoms with Gasteiger partial charge in [-0.15, -0.1) is 0 Å². The highest BCUT2D eigenvalue weighted by Gasteiger charge is 2.31. The van der Waals surface area contributed by atoms with Gasteiger partial charge in [-0.1, -0.05) is 18.2 Å². The lowest BCUT2D eigenvalue weighted by molar-refractivity contribution is 0.528. The summed E-state index contributed by atoms with van der Waals surface area (Å²) < 4.78 is 0. The quantitative estimate of drug-likeness (QED) is 0.770. The fourth-order valence-corrected chi connectivity index (χ4v) is 2.06. The zero-order chi connectivity index (χ0) is 10.1. The van der Waals surface area contributed by atoms with Crippen molar-refractivity contribution in [3.8, 4) is 0 Å². The maximum absolute atomic E-state index is 3.43. The molecule has 1 heteroatoms. The number of hydrogen-bond acceptors (Lipinski definition) is 1. The summed E-state index contributed by atoms with van der Waals surface area (Å²) in [5.74, 6) is 0.877. The van der Waals surface area contributed by atoms with Gasteiger partial charge in [0.2, 0.25) is 0 Å². The van der Waals surface area contributed by atoms with Gasteiger partial charge in [-0.25, -0.2) is 0 Å². The van der Waals surface area contributed by atoms with E-state index in [4.69, 9.17) is 0 Å². The Morgan fingerprint density at radius 3 is 2.43 bits per heavy atom. The van der Waals surface area contributed by atoms with Crippen LogP contribution in [0.3, 0.4) is 0 Å². The average molecular weight is 189 g/mol. The van der Waals surface area contributed by atoms with E-state index >= 15 is 0 Å². The van der Waals surface area contributed by atoms with Crippen LogP contribution < -0.4 is 5.32 Å². The van der Waals surface area contributed by atoms with E-state index in [1.807, 2.05) is 0 Å². The van der Waals surface area contributed by atoms with Gasteiger partial charge in [-0.2, -0.15) is 0 Å². The van der Waals surface area contributed by atoms with E-state index in [2.05, 4.69) is 44.4 Å². The molecule has 1 aliphatic rings. The maximum Gasteiger partial charge on any atom is 0.0346 e. The van der Waals surface area contributed by atoms with Gasteiger partial charge in [0, 0.05) is 6.04 Å². The molecule has 0 heterocycles. The number of rotatable bonds is 3. The minimum atomic E-state index is 0.578. The molecule has 1 unspecified atom stereocenters. The van der Waals surface area contributed by atoms with E-state index in [1.165, 1.54) is 29.5 Å². The minimum absolute atomic E-state index is 0.578. The van der Waals surface area contributed by atoms with Crippen molar-refractivity contribution in [2.45, 2.75) is 32.7 Å². The molecule has 0 aliphatic heterocycles. The molecular weight excluding hydrogens is 170 g/mol. The second kappa shape index (κ2) is 3.74. The van der Waals surface area contributed by atoms with Crippen LogP contribution in [0, 0.1) is 19.8 Å². The van der Waals surface area contributed by atoms with E-state index < -0.39 is 0 Å². The van der Waals surface area contributed by atoms with Gasteiger partial charge >= 0.3 is 0 Å². The molecule has 2 rings (SSSR count). The van der Waals surface area contributed by atoms with E-state index in [9.17, 15) is 0 Å². The average Bonchev–Trinajstić information content (AvgIpc) is 2.96. The predicted molar refractivity (Wildman–Crippen MR) is 60.4 cm³/mol. The van der Waals surface area contributed by atoms with Gasteiger partial charge in [-0.05, 0) is 56.3 Å². The maximum atomic E-state index is 3.43. The first-order valence-corrected chi connectivity index (χ1v) is 5.47. The third kappa shape index (κ3) is 1.83. The zero-order valence-electron chi connectivity index (χ0n) is 9.30. The number of aryl methyl sites for hydroxylation is 2. The molecule has 0 aromatic heterocycles. The van der Waals surface area contributed by atoms with Crippen molar-refractivity contribution in [3.05, 3.63) is 34.9 Å². The van der Waals surface area contributed by atoms with Gasteiger partial charge < -0.3 is 5.32 Å². The van der Waals surface area contributed by atoms with Crippen molar-refractivity contribution in [3.63, 3.8) is 0 Å². The monoisotopic (exact) mass is 189 g/mol. The lowest BCUT2D eigenvalue weighted by Gasteiger charge is -2.17. The lowest BCUT2D eigenvalue weighted by atomic mass is 9.98. The van der Waals surface area contributed by atoms with E-state index in [0.29, 0.717) is 6.04 Å². The summed E-state index contributed by atoms with van der Waals surface area (Å²) in [6.07, 6.45) is 2.77. The third-order valence-electron chi connectivity index (χ3n) is 3.29. The summed E-state index contributed by atoms with van der Waals surface area (Å²) in [5.41, 5.74) is 4.25. The van der Waals surface area contributed by atoms with Gasteiger partial charge in [-0.3, -0.25) is 0 Å². The number of hydrogen-bond donors (Lipinski definition) is 1. The van der Waals surface area contributed by atoms with E-state index in [0.717, 1.165) is 5.92 Å². The largest absolute Gasteiger partial charge is 0.313 e. The normalized spacial score (nSPS) is 18.2. The second-order valence-corrected chi connectivity index (χ2v) is 4.45. The van der Waals surface area contributed by atoms with Crippen molar-refractivity contribution < 1.29 is 0 Å². The third-order valence-corrected chi connectivity index (χ3v) is 3.29. The molecule has 1 nitrogen and oxygen atoms in total. The van der Waals surface area contributed by atoms with Gasteiger partial charge in [0.1, 0.15) is 0 Å². The molecule has 14 heavy (non-hydrogen) atoms. The molecule has 0 bridgehead atoms. The first-order chi connectivity index (χ1) is 6.72. The fourth-order valence-electron chi connectivity index (χ4n) is 2.06. The molecule has 0 spiro atoms. The van der Waals surface area contributed by atoms with Crippen LogP contribution in [-0.4, -0.2) is 7.05 Å². The molecule has 0 radical (unpaired) electrons. The Morgan fingerprint density at radius 2 is 1.93 bits per heavy atom. The summed E-state index contributed by atoms with van der Waals surface area (Å²) in [6.45, 7) is 4.36. The molecule has 0 amide bonds. The van der Waals surface area contributed by atoms with Crippen LogP contribution in [0.2, 0.25) is 0 Å². The van der Waals surface area contributed by atoms with Crippen LogP contribution in [0.1, 0.15) is 35.6 Å². The molecule has 76 valence electrons. The predicted octanol–water partition coefficient (Wildman–Crippen LogP) is 2.97. The Hall–Kier alpha value is -0.820. The van der Waals surface area contributed by atoms with Crippen LogP contribution >= 0.6 is 0 Å². The summed E-state index contributed by atoms with van der Waals surface area (Å²) in [7, 11) is 2.07. The fraction of sp³-hybridized carbons (Fsp3) is 0.538. The highest BCUT2D eigenvalue weighted by atomic mass is 14.9. The Labute approximate surface area is 86.5 Å². The van der Waals surface area contributed by atoms with Crippen LogP contribution in [0.25, 0.3) is 0 Å². The van der Waals surface area contributed by atoms with Crippen LogP contribution in [0.5, 0.6) is 0 Å². The SMILES string of the molecule is CNC(c1ccc(C)c(C)c1)C1CC1. The summed E-state index contributed by atoms with van der Waals surface area (Å²) in [6, 6.07) is 7.41. The molecule has 1 saturated carbocycles. The smallest absolute Gasteiger partial charge is 0.0346 e. The molecule has 0 saturated heterocycles. The molecule has 1 fully saturated rings. The second-order valence-electron chi connectivity index (χ2n) is 4.45. The van der Waals surface area contributed by atoms with Crippen LogP contribution in [-0.2, 0) is 0 Å². The summed E-state index contributed by atoms with van der Waals surface area (Å²) >= 11 is 0. The first-order valence-electron chi connectivity index (χ1n) is 5.47. The standard InChI is InChI=1S/C13H19N/c1-9-4-5-12(8-10(9)2)13(14-3)11-6-7-11/h4-5,8,11,13-14H,6-7H2,1-3H3. The highest BCUT2D eigenvalue weighted by molar-refractivity contribution is 5.32. The van der Waals surface area contributed by atoms with Crippen LogP contribution in [0.4, 0.5) is 0 Å². The van der Waals surface area contributed by atoms with Crippen molar-refractivity contribution in [1.29, 1.82) is 0 Å². The van der Waals surface area contributed by atoms with Gasteiger partial charge in [0.15, 0.2) is 0 Å². The highest BCUT2D eigenvalue weighted by Crippen LogP contribution is 2.40. The molecule has 1 N–H and O–H groups in total. The van der Waals surface area contributed by atoms with Crippen LogP contribution in [0.15, 0.2) is 18.2 Å². The first kappa shape index (κ1) is 9.72. The van der Waals surface area contributed by atoms with Gasteiger partial charge in [0.05, 0.1) is 0 Å². The van der Waals surface area contributed by atoms with E-state index in [1.54, 1.807) is 0 Å².